The highest BCUT2D eigenvalue weighted by Gasteiger charge is 2.24. The van der Waals surface area contributed by atoms with Gasteiger partial charge in [-0.3, -0.25) is 14.8 Å². The van der Waals surface area contributed by atoms with Crippen molar-refractivity contribution in [2.75, 3.05) is 26.2 Å². The number of nitrogens with zero attached hydrogens (tertiary/aromatic N) is 3. The molecule has 0 radical (unpaired) electrons. The lowest BCUT2D eigenvalue weighted by Crippen LogP contribution is -2.48. The molecule has 1 aliphatic heterocycles. The van der Waals surface area contributed by atoms with Crippen molar-refractivity contribution in [3.8, 4) is 0 Å². The Hall–Kier alpha value is -1.08. The summed E-state index contributed by atoms with van der Waals surface area (Å²) in [5, 5.41) is 7.92. The van der Waals surface area contributed by atoms with E-state index in [1.54, 1.807) is 12.3 Å². The Morgan fingerprint density at radius 2 is 2.00 bits per heavy atom. The number of nitrogens with one attached hydrogen (secondary N) is 1. The van der Waals surface area contributed by atoms with Gasteiger partial charge in [-0.1, -0.05) is 29.3 Å². The van der Waals surface area contributed by atoms with E-state index in [9.17, 15) is 4.79 Å². The molecule has 0 bridgehead atoms. The zero-order valence-electron chi connectivity index (χ0n) is 12.2. The van der Waals surface area contributed by atoms with Crippen LogP contribution < -0.4 is 0 Å². The first-order chi connectivity index (χ1) is 11.0. The van der Waals surface area contributed by atoms with Crippen molar-refractivity contribution in [2.24, 2.45) is 0 Å². The molecule has 1 aromatic carbocycles. The van der Waals surface area contributed by atoms with Crippen LogP contribution >= 0.6 is 39.1 Å². The third-order valence-corrected chi connectivity index (χ3v) is 5.06. The van der Waals surface area contributed by atoms with Crippen LogP contribution in [0.3, 0.4) is 0 Å². The van der Waals surface area contributed by atoms with Crippen molar-refractivity contribution in [3.63, 3.8) is 0 Å². The van der Waals surface area contributed by atoms with Crippen LogP contribution in [0.5, 0.6) is 0 Å². The minimum absolute atomic E-state index is 0.0291. The Morgan fingerprint density at radius 3 is 2.61 bits per heavy atom. The summed E-state index contributed by atoms with van der Waals surface area (Å²) in [6, 6.07) is 5.55. The van der Waals surface area contributed by atoms with Gasteiger partial charge in [-0.25, -0.2) is 0 Å². The van der Waals surface area contributed by atoms with E-state index in [-0.39, 0.29) is 5.91 Å². The lowest BCUT2D eigenvalue weighted by Gasteiger charge is -2.34. The summed E-state index contributed by atoms with van der Waals surface area (Å²) < 4.78 is 0.692. The number of H-pyrrole nitrogens is 1. The highest BCUT2D eigenvalue weighted by atomic mass is 79.9. The molecule has 0 saturated carbocycles. The molecule has 23 heavy (non-hydrogen) atoms. The molecule has 1 amide bonds. The van der Waals surface area contributed by atoms with Crippen molar-refractivity contribution in [3.05, 3.63) is 50.2 Å². The van der Waals surface area contributed by atoms with E-state index < -0.39 is 0 Å². The molecule has 8 heteroatoms. The summed E-state index contributed by atoms with van der Waals surface area (Å²) in [6.07, 6.45) is 1.59. The van der Waals surface area contributed by atoms with Gasteiger partial charge in [-0.2, -0.15) is 5.10 Å². The Morgan fingerprint density at radius 1 is 1.26 bits per heavy atom. The molecule has 0 spiro atoms. The number of carbonyl (C=O) groups excluding carboxylic acids is 1. The van der Waals surface area contributed by atoms with Gasteiger partial charge in [0.1, 0.15) is 5.69 Å². The number of benzene rings is 1. The maximum atomic E-state index is 12.4. The number of hydrogen-bond acceptors (Lipinski definition) is 3. The van der Waals surface area contributed by atoms with Crippen LogP contribution in [0.15, 0.2) is 28.9 Å². The highest BCUT2D eigenvalue weighted by molar-refractivity contribution is 9.10. The van der Waals surface area contributed by atoms with Gasteiger partial charge in [0.25, 0.3) is 5.91 Å². The fourth-order valence-electron chi connectivity index (χ4n) is 2.58. The van der Waals surface area contributed by atoms with Gasteiger partial charge in [0.05, 0.1) is 10.7 Å². The zero-order chi connectivity index (χ0) is 16.4. The number of halogens is 3. The summed E-state index contributed by atoms with van der Waals surface area (Å²) >= 11 is 15.5. The average Bonchev–Trinajstić information content (AvgIpc) is 2.96. The third-order valence-electron chi connectivity index (χ3n) is 3.88. The van der Waals surface area contributed by atoms with Crippen molar-refractivity contribution in [1.29, 1.82) is 0 Å². The number of rotatable bonds is 3. The van der Waals surface area contributed by atoms with Gasteiger partial charge in [0.2, 0.25) is 0 Å². The molecular formula is C15H15BrCl2N4O. The molecule has 0 unspecified atom stereocenters. The van der Waals surface area contributed by atoms with Crippen LogP contribution in [0.4, 0.5) is 0 Å². The van der Waals surface area contributed by atoms with E-state index in [0.29, 0.717) is 33.3 Å². The van der Waals surface area contributed by atoms with E-state index >= 15 is 0 Å². The monoisotopic (exact) mass is 416 g/mol. The smallest absolute Gasteiger partial charge is 0.273 e. The Balaban J connectivity index is 1.58. The normalized spacial score (nSPS) is 15.9. The van der Waals surface area contributed by atoms with Crippen molar-refractivity contribution < 1.29 is 4.79 Å². The van der Waals surface area contributed by atoms with Crippen LogP contribution in [-0.2, 0) is 6.54 Å². The van der Waals surface area contributed by atoms with Gasteiger partial charge in [0, 0.05) is 42.8 Å². The molecule has 1 N–H and O–H groups in total. The summed E-state index contributed by atoms with van der Waals surface area (Å²) in [7, 11) is 0. The van der Waals surface area contributed by atoms with Crippen LogP contribution in [-0.4, -0.2) is 52.1 Å². The Kier molecular flexibility index (Phi) is 5.26. The van der Waals surface area contributed by atoms with E-state index in [1.165, 1.54) is 0 Å². The number of amides is 1. The Labute approximate surface area is 152 Å². The first kappa shape index (κ1) is 16.8. The molecule has 0 aliphatic carbocycles. The summed E-state index contributed by atoms with van der Waals surface area (Å²) in [5.41, 5.74) is 1.55. The highest BCUT2D eigenvalue weighted by Crippen LogP contribution is 2.23. The SMILES string of the molecule is O=C(c1[nH]ncc1Br)N1CCN(Cc2ccc(Cl)cc2Cl)CC1. The second kappa shape index (κ2) is 7.21. The minimum Gasteiger partial charge on any atom is -0.335 e. The van der Waals surface area contributed by atoms with Crippen LogP contribution in [0, 0.1) is 0 Å². The molecule has 0 atom stereocenters. The van der Waals surface area contributed by atoms with E-state index in [4.69, 9.17) is 23.2 Å². The fourth-order valence-corrected chi connectivity index (χ4v) is 3.41. The molecule has 5 nitrogen and oxygen atoms in total. The van der Waals surface area contributed by atoms with Crippen LogP contribution in [0.2, 0.25) is 10.0 Å². The number of piperazine rings is 1. The van der Waals surface area contributed by atoms with Gasteiger partial charge in [-0.05, 0) is 33.6 Å². The van der Waals surface area contributed by atoms with Gasteiger partial charge in [-0.15, -0.1) is 0 Å². The van der Waals surface area contributed by atoms with E-state index in [0.717, 1.165) is 25.2 Å². The zero-order valence-corrected chi connectivity index (χ0v) is 15.3. The van der Waals surface area contributed by atoms with Crippen molar-refractivity contribution in [2.45, 2.75) is 6.54 Å². The quantitative estimate of drug-likeness (QED) is 0.832. The number of aromatic amines is 1. The topological polar surface area (TPSA) is 52.2 Å². The summed E-state index contributed by atoms with van der Waals surface area (Å²) in [5.74, 6) is -0.0291. The number of carbonyl (C=O) groups is 1. The first-order valence-electron chi connectivity index (χ1n) is 7.19. The molecule has 1 aliphatic rings. The van der Waals surface area contributed by atoms with E-state index in [1.807, 2.05) is 17.0 Å². The lowest BCUT2D eigenvalue weighted by atomic mass is 10.2. The van der Waals surface area contributed by atoms with Gasteiger partial charge >= 0.3 is 0 Å². The maximum Gasteiger partial charge on any atom is 0.273 e. The molecule has 122 valence electrons. The first-order valence-corrected chi connectivity index (χ1v) is 8.74. The molecular weight excluding hydrogens is 403 g/mol. The van der Waals surface area contributed by atoms with Crippen LogP contribution in [0.1, 0.15) is 16.1 Å². The molecule has 3 rings (SSSR count). The van der Waals surface area contributed by atoms with E-state index in [2.05, 4.69) is 31.0 Å². The summed E-state index contributed by atoms with van der Waals surface area (Å²) in [4.78, 5) is 16.5. The largest absolute Gasteiger partial charge is 0.335 e. The number of hydrogen-bond donors (Lipinski definition) is 1. The molecule has 2 heterocycles. The molecule has 1 saturated heterocycles. The molecule has 2 aromatic rings. The van der Waals surface area contributed by atoms with Crippen molar-refractivity contribution >= 4 is 45.0 Å². The molecule has 1 aromatic heterocycles. The minimum atomic E-state index is -0.0291. The standard InChI is InChI=1S/C15H15BrCl2N4O/c16-12-8-19-20-14(12)15(23)22-5-3-21(4-6-22)9-10-1-2-11(17)7-13(10)18/h1-2,7-8H,3-6,9H2,(H,19,20). The Bertz CT molecular complexity index is 713. The van der Waals surface area contributed by atoms with Crippen LogP contribution in [0.25, 0.3) is 0 Å². The number of aromatic nitrogens is 2. The third kappa shape index (κ3) is 3.88. The second-order valence-electron chi connectivity index (χ2n) is 5.40. The predicted molar refractivity (Wildman–Crippen MR) is 93.9 cm³/mol. The van der Waals surface area contributed by atoms with Gasteiger partial charge in [0.15, 0.2) is 0 Å². The second-order valence-corrected chi connectivity index (χ2v) is 7.09. The fraction of sp³-hybridized carbons (Fsp3) is 0.333. The lowest BCUT2D eigenvalue weighted by molar-refractivity contribution is 0.0622. The maximum absolute atomic E-state index is 12.4. The predicted octanol–water partition coefficient (Wildman–Crippen LogP) is 3.44. The summed E-state index contributed by atoms with van der Waals surface area (Å²) in [6.45, 7) is 3.71. The average molecular weight is 418 g/mol. The van der Waals surface area contributed by atoms with Crippen molar-refractivity contribution in [1.82, 2.24) is 20.0 Å². The molecule has 1 fully saturated rings. The van der Waals surface area contributed by atoms with Gasteiger partial charge < -0.3 is 4.90 Å².